The van der Waals surface area contributed by atoms with Crippen LogP contribution < -0.4 is 4.90 Å². The third-order valence-electron chi connectivity index (χ3n) is 3.54. The molecular weight excluding hydrogens is 248 g/mol. The minimum atomic E-state index is 0.529. The van der Waals surface area contributed by atoms with E-state index in [1.165, 1.54) is 0 Å². The molecule has 2 rings (SSSR count). The standard InChI is InChI=1S/C14H21ClN2O/c1-3-12-8-11(10-15)9-14(16-12)17(2)13-4-6-18-7-5-13/h8-9,13H,3-7,10H2,1-2H3. The molecule has 1 aromatic heterocycles. The summed E-state index contributed by atoms with van der Waals surface area (Å²) in [6.07, 6.45) is 3.09. The SMILES string of the molecule is CCc1cc(CCl)cc(N(C)C2CCOCC2)n1. The number of aromatic nitrogens is 1. The van der Waals surface area contributed by atoms with Crippen LogP contribution in [0.1, 0.15) is 31.0 Å². The van der Waals surface area contributed by atoms with Crippen molar-refractivity contribution in [2.45, 2.75) is 38.1 Å². The number of aryl methyl sites for hydroxylation is 1. The maximum Gasteiger partial charge on any atom is 0.129 e. The molecule has 1 aliphatic rings. The lowest BCUT2D eigenvalue weighted by Crippen LogP contribution is -2.37. The summed E-state index contributed by atoms with van der Waals surface area (Å²) < 4.78 is 5.41. The van der Waals surface area contributed by atoms with Crippen molar-refractivity contribution in [3.63, 3.8) is 0 Å². The molecule has 1 aliphatic heterocycles. The summed E-state index contributed by atoms with van der Waals surface area (Å²) in [5.41, 5.74) is 2.26. The van der Waals surface area contributed by atoms with Crippen LogP contribution in [-0.4, -0.2) is 31.3 Å². The van der Waals surface area contributed by atoms with Gasteiger partial charge in [-0.25, -0.2) is 4.98 Å². The van der Waals surface area contributed by atoms with Gasteiger partial charge < -0.3 is 9.64 Å². The zero-order chi connectivity index (χ0) is 13.0. The average molecular weight is 269 g/mol. The van der Waals surface area contributed by atoms with Gasteiger partial charge >= 0.3 is 0 Å². The highest BCUT2D eigenvalue weighted by atomic mass is 35.5. The Morgan fingerprint density at radius 2 is 2.11 bits per heavy atom. The molecule has 0 radical (unpaired) electrons. The Morgan fingerprint density at radius 1 is 1.39 bits per heavy atom. The highest BCUT2D eigenvalue weighted by Gasteiger charge is 2.20. The van der Waals surface area contributed by atoms with Crippen LogP contribution in [0.25, 0.3) is 0 Å². The van der Waals surface area contributed by atoms with Crippen LogP contribution >= 0.6 is 11.6 Å². The molecule has 0 aromatic carbocycles. The summed E-state index contributed by atoms with van der Waals surface area (Å²) in [6.45, 7) is 3.83. The largest absolute Gasteiger partial charge is 0.381 e. The van der Waals surface area contributed by atoms with Crippen LogP contribution in [0.5, 0.6) is 0 Å². The number of hydrogen-bond acceptors (Lipinski definition) is 3. The second-order valence-electron chi connectivity index (χ2n) is 4.77. The molecule has 0 N–H and O–H groups in total. The van der Waals surface area contributed by atoms with E-state index >= 15 is 0 Å². The molecule has 3 nitrogen and oxygen atoms in total. The lowest BCUT2D eigenvalue weighted by atomic mass is 10.1. The first-order valence-electron chi connectivity index (χ1n) is 6.61. The van der Waals surface area contributed by atoms with Crippen LogP contribution in [0.2, 0.25) is 0 Å². The number of alkyl halides is 1. The predicted octanol–water partition coefficient (Wildman–Crippen LogP) is 3.00. The summed E-state index contributed by atoms with van der Waals surface area (Å²) in [5.74, 6) is 1.58. The number of anilines is 1. The zero-order valence-electron chi connectivity index (χ0n) is 11.2. The number of halogens is 1. The Morgan fingerprint density at radius 3 is 2.72 bits per heavy atom. The molecule has 2 heterocycles. The lowest BCUT2D eigenvalue weighted by Gasteiger charge is -2.32. The van der Waals surface area contributed by atoms with Gasteiger partial charge in [0.15, 0.2) is 0 Å². The van der Waals surface area contributed by atoms with E-state index in [-0.39, 0.29) is 0 Å². The van der Waals surface area contributed by atoms with E-state index in [9.17, 15) is 0 Å². The maximum atomic E-state index is 5.95. The molecule has 1 aromatic rings. The van der Waals surface area contributed by atoms with Gasteiger partial charge in [-0.3, -0.25) is 0 Å². The van der Waals surface area contributed by atoms with Crippen molar-refractivity contribution in [3.05, 3.63) is 23.4 Å². The molecule has 0 spiro atoms. The van der Waals surface area contributed by atoms with Gasteiger partial charge in [0.1, 0.15) is 5.82 Å². The summed E-state index contributed by atoms with van der Waals surface area (Å²) in [4.78, 5) is 6.98. The van der Waals surface area contributed by atoms with Crippen molar-refractivity contribution in [3.8, 4) is 0 Å². The highest BCUT2D eigenvalue weighted by molar-refractivity contribution is 6.17. The molecule has 0 amide bonds. The van der Waals surface area contributed by atoms with E-state index in [1.807, 2.05) is 0 Å². The van der Waals surface area contributed by atoms with Crippen molar-refractivity contribution in [1.82, 2.24) is 4.98 Å². The van der Waals surface area contributed by atoms with Crippen LogP contribution in [0.3, 0.4) is 0 Å². The topological polar surface area (TPSA) is 25.4 Å². The Balaban J connectivity index is 2.19. The molecule has 0 aliphatic carbocycles. The number of nitrogens with zero attached hydrogens (tertiary/aromatic N) is 2. The number of rotatable bonds is 4. The van der Waals surface area contributed by atoms with Gasteiger partial charge in [0, 0.05) is 37.9 Å². The van der Waals surface area contributed by atoms with Crippen LogP contribution in [0.15, 0.2) is 12.1 Å². The van der Waals surface area contributed by atoms with E-state index in [2.05, 4.69) is 31.0 Å². The summed E-state index contributed by atoms with van der Waals surface area (Å²) in [7, 11) is 2.12. The molecule has 0 bridgehead atoms. The number of hydrogen-bond donors (Lipinski definition) is 0. The van der Waals surface area contributed by atoms with E-state index in [4.69, 9.17) is 21.3 Å². The first-order valence-corrected chi connectivity index (χ1v) is 7.14. The van der Waals surface area contributed by atoms with Crippen molar-refractivity contribution in [2.75, 3.05) is 25.2 Å². The van der Waals surface area contributed by atoms with Crippen LogP contribution in [0.4, 0.5) is 5.82 Å². The van der Waals surface area contributed by atoms with Crippen molar-refractivity contribution in [2.24, 2.45) is 0 Å². The smallest absolute Gasteiger partial charge is 0.129 e. The molecule has 1 fully saturated rings. The third-order valence-corrected chi connectivity index (χ3v) is 3.85. The first-order chi connectivity index (χ1) is 8.74. The molecule has 100 valence electrons. The van der Waals surface area contributed by atoms with E-state index in [1.54, 1.807) is 0 Å². The molecule has 18 heavy (non-hydrogen) atoms. The Bertz CT molecular complexity index is 369. The normalized spacial score (nSPS) is 16.8. The third kappa shape index (κ3) is 3.15. The lowest BCUT2D eigenvalue weighted by molar-refractivity contribution is 0.0853. The fourth-order valence-electron chi connectivity index (χ4n) is 2.33. The molecule has 0 saturated carbocycles. The fraction of sp³-hybridized carbons (Fsp3) is 0.643. The van der Waals surface area contributed by atoms with E-state index in [0.29, 0.717) is 11.9 Å². The summed E-state index contributed by atoms with van der Waals surface area (Å²) >= 11 is 5.95. The second kappa shape index (κ2) is 6.39. The van der Waals surface area contributed by atoms with Crippen LogP contribution in [0, 0.1) is 0 Å². The maximum absolute atomic E-state index is 5.95. The van der Waals surface area contributed by atoms with Crippen molar-refractivity contribution in [1.29, 1.82) is 0 Å². The van der Waals surface area contributed by atoms with Gasteiger partial charge in [0.25, 0.3) is 0 Å². The van der Waals surface area contributed by atoms with Gasteiger partial charge in [0.2, 0.25) is 0 Å². The molecule has 0 unspecified atom stereocenters. The Hall–Kier alpha value is -0.800. The Kier molecular flexibility index (Phi) is 4.84. The van der Waals surface area contributed by atoms with Gasteiger partial charge in [-0.2, -0.15) is 0 Å². The number of ether oxygens (including phenoxy) is 1. The second-order valence-corrected chi connectivity index (χ2v) is 5.03. The Labute approximate surface area is 114 Å². The van der Waals surface area contributed by atoms with Crippen molar-refractivity contribution >= 4 is 17.4 Å². The van der Waals surface area contributed by atoms with Crippen molar-refractivity contribution < 1.29 is 4.74 Å². The summed E-state index contributed by atoms with van der Waals surface area (Å²) in [6, 6.07) is 4.72. The van der Waals surface area contributed by atoms with Crippen LogP contribution in [-0.2, 0) is 17.0 Å². The minimum absolute atomic E-state index is 0.529. The minimum Gasteiger partial charge on any atom is -0.381 e. The van der Waals surface area contributed by atoms with E-state index in [0.717, 1.165) is 49.6 Å². The zero-order valence-corrected chi connectivity index (χ0v) is 11.9. The molecule has 1 saturated heterocycles. The van der Waals surface area contributed by atoms with E-state index < -0.39 is 0 Å². The van der Waals surface area contributed by atoms with Gasteiger partial charge in [-0.15, -0.1) is 11.6 Å². The molecular formula is C14H21ClN2O. The molecule has 4 heteroatoms. The monoisotopic (exact) mass is 268 g/mol. The van der Waals surface area contributed by atoms with Gasteiger partial charge in [-0.05, 0) is 37.0 Å². The molecule has 0 atom stereocenters. The summed E-state index contributed by atoms with van der Waals surface area (Å²) in [5, 5.41) is 0. The number of pyridine rings is 1. The van der Waals surface area contributed by atoms with Gasteiger partial charge in [-0.1, -0.05) is 6.92 Å². The quantitative estimate of drug-likeness (QED) is 0.785. The average Bonchev–Trinajstić information content (AvgIpc) is 2.46. The highest BCUT2D eigenvalue weighted by Crippen LogP contribution is 2.22. The first kappa shape index (κ1) is 13.6. The van der Waals surface area contributed by atoms with Gasteiger partial charge in [0.05, 0.1) is 0 Å². The predicted molar refractivity (Wildman–Crippen MR) is 75.4 cm³/mol. The fourth-order valence-corrected chi connectivity index (χ4v) is 2.49.